The van der Waals surface area contributed by atoms with Crippen LogP contribution in [0.3, 0.4) is 0 Å². The molecule has 7 heteroatoms. The van der Waals surface area contributed by atoms with E-state index in [4.69, 9.17) is 22.7 Å². The maximum absolute atomic E-state index is 12.6. The van der Waals surface area contributed by atoms with Gasteiger partial charge in [-0.2, -0.15) is 0 Å². The van der Waals surface area contributed by atoms with Crippen LogP contribution in [0.25, 0.3) is 0 Å². The Kier molecular flexibility index (Phi) is 4.67. The monoisotopic (exact) mass is 328 g/mol. The molecule has 0 bridgehead atoms. The minimum atomic E-state index is -3.58. The van der Waals surface area contributed by atoms with E-state index in [1.54, 1.807) is 25.1 Å². The fourth-order valence-corrected chi connectivity index (χ4v) is 4.23. The van der Waals surface area contributed by atoms with Gasteiger partial charge in [0.25, 0.3) is 0 Å². The number of aryl methyl sites for hydroxylation is 1. The quantitative estimate of drug-likeness (QED) is 0.818. The van der Waals surface area contributed by atoms with Gasteiger partial charge in [0.1, 0.15) is 4.99 Å². The zero-order valence-corrected chi connectivity index (χ0v) is 13.8. The highest BCUT2D eigenvalue weighted by Crippen LogP contribution is 2.24. The first kappa shape index (κ1) is 16.4. The summed E-state index contributed by atoms with van der Waals surface area (Å²) in [7, 11) is -3.58. The average molecular weight is 328 g/mol. The third kappa shape index (κ3) is 3.79. The summed E-state index contributed by atoms with van der Waals surface area (Å²) in [4.78, 5) is 0.515. The highest BCUT2D eigenvalue weighted by atomic mass is 32.2. The summed E-state index contributed by atoms with van der Waals surface area (Å²) in [6.07, 6.45) is 1.33. The molecule has 1 fully saturated rings. The van der Waals surface area contributed by atoms with Crippen LogP contribution in [0, 0.1) is 6.92 Å². The summed E-state index contributed by atoms with van der Waals surface area (Å²) in [5.41, 5.74) is 6.39. The molecule has 1 aliphatic rings. The lowest BCUT2D eigenvalue weighted by Crippen LogP contribution is -2.49. The molecule has 1 heterocycles. The maximum Gasteiger partial charge on any atom is 0.241 e. The molecule has 0 saturated carbocycles. The largest absolute Gasteiger partial charge is 0.389 e. The molecule has 1 saturated heterocycles. The number of hydrogen-bond donors (Lipinski definition) is 2. The molecule has 0 unspecified atom stereocenters. The second-order valence-corrected chi connectivity index (χ2v) is 7.71. The fourth-order valence-electron chi connectivity index (χ4n) is 2.41. The minimum Gasteiger partial charge on any atom is -0.389 e. The number of nitrogens with two attached hydrogens (primary N) is 1. The van der Waals surface area contributed by atoms with Gasteiger partial charge in [-0.3, -0.25) is 0 Å². The van der Waals surface area contributed by atoms with E-state index in [1.807, 2.05) is 6.92 Å². The molecule has 0 atom stereocenters. The van der Waals surface area contributed by atoms with Crippen molar-refractivity contribution in [1.29, 1.82) is 0 Å². The van der Waals surface area contributed by atoms with E-state index in [9.17, 15) is 8.42 Å². The van der Waals surface area contributed by atoms with Crippen molar-refractivity contribution in [2.24, 2.45) is 5.73 Å². The number of hydrogen-bond acceptors (Lipinski definition) is 4. The number of sulfonamides is 1. The van der Waals surface area contributed by atoms with E-state index in [0.717, 1.165) is 0 Å². The van der Waals surface area contributed by atoms with Gasteiger partial charge in [-0.1, -0.05) is 18.3 Å². The van der Waals surface area contributed by atoms with E-state index >= 15 is 0 Å². The Morgan fingerprint density at radius 3 is 2.52 bits per heavy atom. The summed E-state index contributed by atoms with van der Waals surface area (Å²) in [5, 5.41) is 0. The molecule has 0 spiro atoms. The molecule has 0 radical (unpaired) electrons. The molecule has 3 N–H and O–H groups in total. The van der Waals surface area contributed by atoms with Gasteiger partial charge >= 0.3 is 0 Å². The Bertz CT molecular complexity index is 650. The van der Waals surface area contributed by atoms with Crippen LogP contribution in [0.4, 0.5) is 0 Å². The number of ether oxygens (including phenoxy) is 1. The second-order valence-electron chi connectivity index (χ2n) is 5.62. The van der Waals surface area contributed by atoms with Crippen molar-refractivity contribution in [1.82, 2.24) is 4.72 Å². The van der Waals surface area contributed by atoms with E-state index in [2.05, 4.69) is 4.72 Å². The molecule has 1 aromatic rings. The van der Waals surface area contributed by atoms with Crippen molar-refractivity contribution < 1.29 is 13.2 Å². The Hall–Kier alpha value is -1.02. The van der Waals surface area contributed by atoms with E-state index in [1.165, 1.54) is 0 Å². The lowest BCUT2D eigenvalue weighted by Gasteiger charge is -2.34. The zero-order chi connectivity index (χ0) is 15.7. The van der Waals surface area contributed by atoms with E-state index in [-0.39, 0.29) is 9.88 Å². The van der Waals surface area contributed by atoms with Crippen molar-refractivity contribution in [3.63, 3.8) is 0 Å². The van der Waals surface area contributed by atoms with Crippen LogP contribution in [0.15, 0.2) is 23.1 Å². The third-order valence-electron chi connectivity index (χ3n) is 3.73. The van der Waals surface area contributed by atoms with E-state index < -0.39 is 15.6 Å². The Morgan fingerprint density at radius 1 is 1.38 bits per heavy atom. The highest BCUT2D eigenvalue weighted by Gasteiger charge is 2.33. The van der Waals surface area contributed by atoms with Crippen LogP contribution in [-0.4, -0.2) is 32.2 Å². The van der Waals surface area contributed by atoms with Crippen molar-refractivity contribution in [2.45, 2.75) is 37.1 Å². The third-order valence-corrected chi connectivity index (χ3v) is 5.76. The predicted octanol–water partition coefficient (Wildman–Crippen LogP) is 1.48. The smallest absolute Gasteiger partial charge is 0.241 e. The molecule has 1 aromatic carbocycles. The van der Waals surface area contributed by atoms with Crippen LogP contribution in [0.2, 0.25) is 0 Å². The molecule has 0 amide bonds. The van der Waals surface area contributed by atoms with Gasteiger partial charge in [0, 0.05) is 24.3 Å². The van der Waals surface area contributed by atoms with Crippen molar-refractivity contribution in [2.75, 3.05) is 13.2 Å². The van der Waals surface area contributed by atoms with Crippen molar-refractivity contribution >= 4 is 27.2 Å². The van der Waals surface area contributed by atoms with Crippen LogP contribution >= 0.6 is 12.2 Å². The molecule has 0 aromatic heterocycles. The molecule has 0 aliphatic carbocycles. The fraction of sp³-hybridized carbons (Fsp3) is 0.500. The number of rotatable bonds is 4. The molecule has 2 rings (SSSR count). The van der Waals surface area contributed by atoms with Crippen LogP contribution in [-0.2, 0) is 14.8 Å². The number of nitrogens with one attached hydrogen (secondary N) is 1. The second kappa shape index (κ2) is 6.00. The van der Waals surface area contributed by atoms with Gasteiger partial charge in [-0.05, 0) is 44.4 Å². The topological polar surface area (TPSA) is 81.4 Å². The van der Waals surface area contributed by atoms with Crippen molar-refractivity contribution in [3.05, 3.63) is 29.3 Å². The first-order valence-electron chi connectivity index (χ1n) is 6.76. The molecule has 1 aliphatic heterocycles. The first-order valence-corrected chi connectivity index (χ1v) is 8.65. The zero-order valence-electron chi connectivity index (χ0n) is 12.2. The summed E-state index contributed by atoms with van der Waals surface area (Å²) in [6, 6.07) is 4.88. The Balaban J connectivity index is 2.29. The van der Waals surface area contributed by atoms with E-state index in [0.29, 0.717) is 37.2 Å². The minimum absolute atomic E-state index is 0.256. The molecule has 5 nitrogen and oxygen atoms in total. The van der Waals surface area contributed by atoms with Crippen LogP contribution in [0.5, 0.6) is 0 Å². The van der Waals surface area contributed by atoms with Crippen molar-refractivity contribution in [3.8, 4) is 0 Å². The van der Waals surface area contributed by atoms with Gasteiger partial charge in [-0.15, -0.1) is 0 Å². The predicted molar refractivity (Wildman–Crippen MR) is 85.8 cm³/mol. The van der Waals surface area contributed by atoms with Gasteiger partial charge in [-0.25, -0.2) is 13.1 Å². The normalized spacial score (nSPS) is 18.4. The van der Waals surface area contributed by atoms with Crippen LogP contribution in [0.1, 0.15) is 30.9 Å². The Labute approximate surface area is 130 Å². The first-order chi connectivity index (χ1) is 9.73. The number of benzene rings is 1. The summed E-state index contributed by atoms with van der Waals surface area (Å²) in [5.74, 6) is 0. The summed E-state index contributed by atoms with van der Waals surface area (Å²) >= 11 is 4.91. The number of thiocarbonyl (C=S) groups is 1. The lowest BCUT2D eigenvalue weighted by atomic mass is 9.94. The molecular formula is C14H20N2O3S2. The summed E-state index contributed by atoms with van der Waals surface area (Å²) in [6.45, 7) is 4.78. The average Bonchev–Trinajstić information content (AvgIpc) is 2.37. The Morgan fingerprint density at radius 2 is 2.00 bits per heavy atom. The maximum atomic E-state index is 12.6. The SMILES string of the molecule is Cc1cc(C(N)=S)ccc1S(=O)(=O)NC1(C)CCOCC1. The summed E-state index contributed by atoms with van der Waals surface area (Å²) < 4.78 is 33.3. The molecule has 116 valence electrons. The molecular weight excluding hydrogens is 308 g/mol. The highest BCUT2D eigenvalue weighted by molar-refractivity contribution is 7.89. The molecule has 21 heavy (non-hydrogen) atoms. The standard InChI is InChI=1S/C14H20N2O3S2/c1-10-9-11(13(15)20)3-4-12(10)21(17,18)16-14(2)5-7-19-8-6-14/h3-4,9,16H,5-8H2,1-2H3,(H2,15,20). The van der Waals surface area contributed by atoms with Gasteiger partial charge in [0.05, 0.1) is 4.90 Å². The van der Waals surface area contributed by atoms with Gasteiger partial charge in [0.15, 0.2) is 0 Å². The lowest BCUT2D eigenvalue weighted by molar-refractivity contribution is 0.0537. The van der Waals surface area contributed by atoms with Crippen LogP contribution < -0.4 is 10.5 Å². The van der Waals surface area contributed by atoms with Gasteiger partial charge < -0.3 is 10.5 Å². The van der Waals surface area contributed by atoms with Gasteiger partial charge in [0.2, 0.25) is 10.0 Å².